The maximum absolute atomic E-state index is 6.31. The Morgan fingerprint density at radius 1 is 1.15 bits per heavy atom. The first kappa shape index (κ1) is 16.3. The molecule has 0 bridgehead atoms. The van der Waals surface area contributed by atoms with Crippen LogP contribution in [0.4, 0.5) is 0 Å². The van der Waals surface area contributed by atoms with Gasteiger partial charge in [0.25, 0.3) is 0 Å². The zero-order valence-corrected chi connectivity index (χ0v) is 13.9. The lowest BCUT2D eigenvalue weighted by atomic mass is 9.57. The summed E-state index contributed by atoms with van der Waals surface area (Å²) < 4.78 is 6.31. The minimum Gasteiger partial charge on any atom is -0.378 e. The van der Waals surface area contributed by atoms with Crippen molar-refractivity contribution in [3.05, 3.63) is 0 Å². The predicted octanol–water partition coefficient (Wildman–Crippen LogP) is 4.53. The van der Waals surface area contributed by atoms with Crippen LogP contribution in [0.2, 0.25) is 0 Å². The zero-order valence-electron chi connectivity index (χ0n) is 13.9. The summed E-state index contributed by atoms with van der Waals surface area (Å²) in [7, 11) is 0. The molecule has 2 rings (SSSR count). The summed E-state index contributed by atoms with van der Waals surface area (Å²) in [4.78, 5) is 0. The molecule has 20 heavy (non-hydrogen) atoms. The van der Waals surface area contributed by atoms with Crippen LogP contribution in [0.25, 0.3) is 0 Å². The Kier molecular flexibility index (Phi) is 6.35. The zero-order chi connectivity index (χ0) is 14.4. The van der Waals surface area contributed by atoms with Crippen molar-refractivity contribution in [3.8, 4) is 0 Å². The molecule has 0 aliphatic heterocycles. The van der Waals surface area contributed by atoms with Crippen molar-refractivity contribution < 1.29 is 4.74 Å². The van der Waals surface area contributed by atoms with Gasteiger partial charge in [-0.1, -0.05) is 46.5 Å². The van der Waals surface area contributed by atoms with Crippen LogP contribution in [-0.2, 0) is 4.74 Å². The number of nitrogens with one attached hydrogen (secondary N) is 1. The quantitative estimate of drug-likeness (QED) is 0.740. The normalized spacial score (nSPS) is 29.4. The topological polar surface area (TPSA) is 21.3 Å². The molecule has 2 heteroatoms. The van der Waals surface area contributed by atoms with E-state index in [9.17, 15) is 0 Å². The van der Waals surface area contributed by atoms with Gasteiger partial charge in [0.1, 0.15) is 0 Å². The van der Waals surface area contributed by atoms with Gasteiger partial charge in [-0.2, -0.15) is 0 Å². The van der Waals surface area contributed by atoms with Gasteiger partial charge in [0.15, 0.2) is 0 Å². The van der Waals surface area contributed by atoms with E-state index in [0.29, 0.717) is 11.5 Å². The van der Waals surface area contributed by atoms with E-state index in [1.54, 1.807) is 0 Å². The van der Waals surface area contributed by atoms with Crippen LogP contribution in [0.1, 0.15) is 78.6 Å². The smallest absolute Gasteiger partial charge is 0.0661 e. The fourth-order valence-electron chi connectivity index (χ4n) is 4.09. The molecule has 118 valence electrons. The van der Waals surface area contributed by atoms with E-state index in [-0.39, 0.29) is 0 Å². The third-order valence-corrected chi connectivity index (χ3v) is 5.47. The van der Waals surface area contributed by atoms with Gasteiger partial charge in [-0.15, -0.1) is 0 Å². The van der Waals surface area contributed by atoms with Crippen molar-refractivity contribution >= 4 is 0 Å². The monoisotopic (exact) mass is 281 g/mol. The molecule has 2 nitrogen and oxygen atoms in total. The van der Waals surface area contributed by atoms with Crippen molar-refractivity contribution in [1.82, 2.24) is 5.32 Å². The molecule has 2 fully saturated rings. The third kappa shape index (κ3) is 3.76. The second-order valence-corrected chi connectivity index (χ2v) is 7.43. The van der Waals surface area contributed by atoms with Crippen LogP contribution in [0.5, 0.6) is 0 Å². The summed E-state index contributed by atoms with van der Waals surface area (Å²) >= 11 is 0. The highest BCUT2D eigenvalue weighted by Gasteiger charge is 2.54. The average molecular weight is 281 g/mol. The molecular weight excluding hydrogens is 246 g/mol. The first-order chi connectivity index (χ1) is 9.69. The number of rotatable bonds is 7. The van der Waals surface area contributed by atoms with Gasteiger partial charge in [-0.05, 0) is 44.6 Å². The molecule has 2 aliphatic carbocycles. The second kappa shape index (κ2) is 7.79. The van der Waals surface area contributed by atoms with E-state index < -0.39 is 0 Å². The second-order valence-electron chi connectivity index (χ2n) is 7.43. The van der Waals surface area contributed by atoms with E-state index in [2.05, 4.69) is 26.1 Å². The van der Waals surface area contributed by atoms with Crippen LogP contribution in [-0.4, -0.2) is 25.3 Å². The van der Waals surface area contributed by atoms with Gasteiger partial charge in [-0.3, -0.25) is 0 Å². The van der Waals surface area contributed by atoms with Crippen LogP contribution in [0.3, 0.4) is 0 Å². The molecule has 1 spiro atoms. The standard InChI is InChI=1S/C18H35NO/c1-4-12-19-16-14-17(20-13-9-15(2)3)18(16)10-7-5-6-8-11-18/h15-17,19H,4-14H2,1-3H3. The van der Waals surface area contributed by atoms with E-state index in [4.69, 9.17) is 4.74 Å². The van der Waals surface area contributed by atoms with Gasteiger partial charge in [-0.25, -0.2) is 0 Å². The minimum atomic E-state index is 0.475. The fourth-order valence-corrected chi connectivity index (χ4v) is 4.09. The lowest BCUT2D eigenvalue weighted by Gasteiger charge is -2.56. The molecule has 0 radical (unpaired) electrons. The molecule has 0 aromatic carbocycles. The Balaban J connectivity index is 1.90. The van der Waals surface area contributed by atoms with Crippen molar-refractivity contribution in [3.63, 3.8) is 0 Å². The van der Waals surface area contributed by atoms with Crippen LogP contribution in [0, 0.1) is 11.3 Å². The highest BCUT2D eigenvalue weighted by molar-refractivity contribution is 5.08. The van der Waals surface area contributed by atoms with Crippen LogP contribution in [0.15, 0.2) is 0 Å². The van der Waals surface area contributed by atoms with E-state index in [0.717, 1.165) is 18.6 Å². The molecule has 0 aromatic rings. The Hall–Kier alpha value is -0.0800. The lowest BCUT2D eigenvalue weighted by molar-refractivity contribution is -0.145. The first-order valence-electron chi connectivity index (χ1n) is 9.04. The highest BCUT2D eigenvalue weighted by atomic mass is 16.5. The van der Waals surface area contributed by atoms with Crippen molar-refractivity contribution in [2.75, 3.05) is 13.2 Å². The predicted molar refractivity (Wildman–Crippen MR) is 86.0 cm³/mol. The molecule has 2 atom stereocenters. The molecule has 0 aromatic heterocycles. The van der Waals surface area contributed by atoms with E-state index in [1.165, 1.54) is 64.3 Å². The van der Waals surface area contributed by atoms with Gasteiger partial charge in [0.05, 0.1) is 6.10 Å². The lowest BCUT2D eigenvalue weighted by Crippen LogP contribution is -2.63. The summed E-state index contributed by atoms with van der Waals surface area (Å²) in [5, 5.41) is 3.81. The van der Waals surface area contributed by atoms with Crippen molar-refractivity contribution in [1.29, 1.82) is 0 Å². The highest BCUT2D eigenvalue weighted by Crippen LogP contribution is 2.52. The van der Waals surface area contributed by atoms with Crippen molar-refractivity contribution in [2.45, 2.75) is 90.7 Å². The van der Waals surface area contributed by atoms with Crippen LogP contribution >= 0.6 is 0 Å². The Morgan fingerprint density at radius 3 is 2.45 bits per heavy atom. The maximum atomic E-state index is 6.31. The minimum absolute atomic E-state index is 0.475. The first-order valence-corrected chi connectivity index (χ1v) is 9.04. The Bertz CT molecular complexity index is 269. The fraction of sp³-hybridized carbons (Fsp3) is 1.00. The summed E-state index contributed by atoms with van der Waals surface area (Å²) in [5.41, 5.74) is 0.475. The molecule has 1 N–H and O–H groups in total. The molecule has 0 heterocycles. The van der Waals surface area contributed by atoms with Gasteiger partial charge < -0.3 is 10.1 Å². The molecular formula is C18H35NO. The average Bonchev–Trinajstić information content (AvgIpc) is 2.68. The maximum Gasteiger partial charge on any atom is 0.0661 e. The third-order valence-electron chi connectivity index (χ3n) is 5.47. The van der Waals surface area contributed by atoms with Crippen LogP contribution < -0.4 is 5.32 Å². The number of ether oxygens (including phenoxy) is 1. The van der Waals surface area contributed by atoms with Gasteiger partial charge in [0, 0.05) is 18.1 Å². The summed E-state index contributed by atoms with van der Waals surface area (Å²) in [6, 6.07) is 0.726. The van der Waals surface area contributed by atoms with Gasteiger partial charge in [0.2, 0.25) is 0 Å². The number of hydrogen-bond donors (Lipinski definition) is 1. The SMILES string of the molecule is CCCNC1CC(OCCC(C)C)C12CCCCCC2. The summed E-state index contributed by atoms with van der Waals surface area (Å²) in [6.45, 7) is 8.98. The summed E-state index contributed by atoms with van der Waals surface area (Å²) in [5.74, 6) is 0.758. The molecule has 2 aliphatic rings. The van der Waals surface area contributed by atoms with Gasteiger partial charge >= 0.3 is 0 Å². The Labute approximate surface area is 126 Å². The largest absolute Gasteiger partial charge is 0.378 e. The molecule has 2 unspecified atom stereocenters. The van der Waals surface area contributed by atoms with E-state index >= 15 is 0 Å². The van der Waals surface area contributed by atoms with E-state index in [1.807, 2.05) is 0 Å². The molecule has 0 saturated heterocycles. The molecule has 2 saturated carbocycles. The number of hydrogen-bond acceptors (Lipinski definition) is 2. The molecule has 0 amide bonds. The Morgan fingerprint density at radius 2 is 1.85 bits per heavy atom. The van der Waals surface area contributed by atoms with Crippen molar-refractivity contribution in [2.24, 2.45) is 11.3 Å². The summed E-state index contributed by atoms with van der Waals surface area (Å²) in [6.07, 6.45) is 12.7.